The molecule has 1 aliphatic carbocycles. The number of aliphatic imine (C=N–C) groups is 1. The minimum atomic E-state index is -0.522. The Bertz CT molecular complexity index is 385. The first-order valence-corrected chi connectivity index (χ1v) is 8.41. The topological polar surface area (TPSA) is 57.1 Å². The molecule has 0 aromatic heterocycles. The largest absolute Gasteiger partial charge is 0.388 e. The molecule has 0 aromatic carbocycles. The Balaban J connectivity index is 1.55. The molecule has 0 bridgehead atoms. The molecule has 1 spiro atoms. The zero-order valence-corrected chi connectivity index (χ0v) is 13.2. The van der Waals surface area contributed by atoms with Crippen LogP contribution in [0, 0.1) is 5.41 Å². The van der Waals surface area contributed by atoms with Gasteiger partial charge in [0, 0.05) is 39.9 Å². The van der Waals surface area contributed by atoms with Crippen molar-refractivity contribution in [2.45, 2.75) is 50.5 Å². The van der Waals surface area contributed by atoms with Gasteiger partial charge in [0.1, 0.15) is 0 Å². The lowest BCUT2D eigenvalue weighted by Crippen LogP contribution is -2.47. The van der Waals surface area contributed by atoms with Gasteiger partial charge in [-0.15, -0.1) is 0 Å². The number of nitrogens with one attached hydrogen (secondary N) is 1. The molecule has 5 nitrogen and oxygen atoms in total. The summed E-state index contributed by atoms with van der Waals surface area (Å²) in [5.41, 5.74) is -0.0911. The van der Waals surface area contributed by atoms with Gasteiger partial charge >= 0.3 is 0 Å². The van der Waals surface area contributed by atoms with E-state index in [1.165, 1.54) is 19.3 Å². The number of guanidine groups is 1. The molecule has 5 heteroatoms. The van der Waals surface area contributed by atoms with Crippen molar-refractivity contribution in [1.82, 2.24) is 10.2 Å². The number of hydrogen-bond acceptors (Lipinski definition) is 3. The smallest absolute Gasteiger partial charge is 0.193 e. The molecule has 0 amide bonds. The van der Waals surface area contributed by atoms with Crippen molar-refractivity contribution < 1.29 is 9.84 Å². The molecule has 0 aromatic rings. The molecule has 3 aliphatic rings. The van der Waals surface area contributed by atoms with Crippen molar-refractivity contribution in [1.29, 1.82) is 0 Å². The summed E-state index contributed by atoms with van der Waals surface area (Å²) in [6, 6.07) is 0. The fraction of sp³-hybridized carbons (Fsp3) is 0.938. The molecule has 2 heterocycles. The lowest BCUT2D eigenvalue weighted by atomic mass is 9.80. The Morgan fingerprint density at radius 3 is 2.57 bits per heavy atom. The van der Waals surface area contributed by atoms with Crippen molar-refractivity contribution in [3.05, 3.63) is 0 Å². The third-order valence-electron chi connectivity index (χ3n) is 5.61. The van der Waals surface area contributed by atoms with Gasteiger partial charge in [-0.1, -0.05) is 12.8 Å². The van der Waals surface area contributed by atoms with E-state index in [4.69, 9.17) is 4.74 Å². The molecule has 3 fully saturated rings. The van der Waals surface area contributed by atoms with Crippen molar-refractivity contribution in [3.8, 4) is 0 Å². The van der Waals surface area contributed by atoms with E-state index in [0.717, 1.165) is 57.9 Å². The summed E-state index contributed by atoms with van der Waals surface area (Å²) in [5.74, 6) is 0.957. The molecule has 0 unspecified atom stereocenters. The molecule has 21 heavy (non-hydrogen) atoms. The lowest BCUT2D eigenvalue weighted by molar-refractivity contribution is 0.0216. The van der Waals surface area contributed by atoms with E-state index in [1.807, 2.05) is 7.05 Å². The van der Waals surface area contributed by atoms with Gasteiger partial charge in [-0.25, -0.2) is 0 Å². The standard InChI is InChI=1S/C16H29N3O2/c1-17-14(18-12-16(20)4-2-3-5-16)19-9-6-15(13-19)7-10-21-11-8-15/h20H,2-13H2,1H3,(H,17,18). The van der Waals surface area contributed by atoms with Gasteiger partial charge in [0.15, 0.2) is 5.96 Å². The van der Waals surface area contributed by atoms with Gasteiger partial charge in [-0.05, 0) is 37.5 Å². The maximum absolute atomic E-state index is 10.5. The highest BCUT2D eigenvalue weighted by atomic mass is 16.5. The zero-order chi connectivity index (χ0) is 14.8. The summed E-state index contributed by atoms with van der Waals surface area (Å²) in [7, 11) is 1.84. The second kappa shape index (κ2) is 6.13. The molecule has 0 atom stereocenters. The van der Waals surface area contributed by atoms with Crippen LogP contribution in [0.25, 0.3) is 0 Å². The first-order valence-electron chi connectivity index (χ1n) is 8.41. The SMILES string of the molecule is CN=C(NCC1(O)CCCC1)N1CCC2(CCOCC2)C1. The quantitative estimate of drug-likeness (QED) is 0.597. The molecular weight excluding hydrogens is 266 g/mol. The second-order valence-electron chi connectivity index (χ2n) is 7.12. The first-order chi connectivity index (χ1) is 10.1. The Labute approximate surface area is 127 Å². The maximum Gasteiger partial charge on any atom is 0.193 e. The van der Waals surface area contributed by atoms with Gasteiger partial charge in [-0.2, -0.15) is 0 Å². The molecule has 2 saturated heterocycles. The average molecular weight is 295 g/mol. The van der Waals surface area contributed by atoms with Crippen LogP contribution in [0.1, 0.15) is 44.9 Å². The predicted molar refractivity (Wildman–Crippen MR) is 83.5 cm³/mol. The highest BCUT2D eigenvalue weighted by molar-refractivity contribution is 5.80. The highest BCUT2D eigenvalue weighted by Gasteiger charge is 2.40. The predicted octanol–water partition coefficient (Wildman–Crippen LogP) is 1.37. The van der Waals surface area contributed by atoms with E-state index in [9.17, 15) is 5.11 Å². The van der Waals surface area contributed by atoms with Crippen molar-refractivity contribution in [2.24, 2.45) is 10.4 Å². The van der Waals surface area contributed by atoms with Crippen molar-refractivity contribution in [3.63, 3.8) is 0 Å². The number of likely N-dealkylation sites (tertiary alicyclic amines) is 1. The summed E-state index contributed by atoms with van der Waals surface area (Å²) in [5, 5.41) is 13.9. The van der Waals surface area contributed by atoms with Crippen LogP contribution in [0.4, 0.5) is 0 Å². The van der Waals surface area contributed by atoms with Crippen molar-refractivity contribution in [2.75, 3.05) is 39.9 Å². The van der Waals surface area contributed by atoms with E-state index in [-0.39, 0.29) is 0 Å². The number of hydrogen-bond donors (Lipinski definition) is 2. The highest BCUT2D eigenvalue weighted by Crippen LogP contribution is 2.39. The van der Waals surface area contributed by atoms with Crippen LogP contribution in [0.2, 0.25) is 0 Å². The summed E-state index contributed by atoms with van der Waals surface area (Å²) in [6.45, 7) is 4.58. The molecule has 0 radical (unpaired) electrons. The fourth-order valence-corrected chi connectivity index (χ4v) is 4.11. The number of aliphatic hydroxyl groups is 1. The Hall–Kier alpha value is -0.810. The maximum atomic E-state index is 10.5. The molecular formula is C16H29N3O2. The first kappa shape index (κ1) is 15.1. The third-order valence-corrected chi connectivity index (χ3v) is 5.61. The van der Waals surface area contributed by atoms with E-state index < -0.39 is 5.60 Å². The fourth-order valence-electron chi connectivity index (χ4n) is 4.11. The van der Waals surface area contributed by atoms with Gasteiger partial charge < -0.3 is 20.1 Å². The molecule has 1 saturated carbocycles. The number of ether oxygens (including phenoxy) is 1. The zero-order valence-electron chi connectivity index (χ0n) is 13.2. The van der Waals surface area contributed by atoms with Gasteiger partial charge in [0.05, 0.1) is 5.60 Å². The Kier molecular flexibility index (Phi) is 4.41. The minimum Gasteiger partial charge on any atom is -0.388 e. The number of nitrogens with zero attached hydrogens (tertiary/aromatic N) is 2. The molecule has 120 valence electrons. The average Bonchev–Trinajstić information content (AvgIpc) is 3.09. The minimum absolute atomic E-state index is 0.431. The molecule has 2 N–H and O–H groups in total. The van der Waals surface area contributed by atoms with Gasteiger partial charge in [0.25, 0.3) is 0 Å². The van der Waals surface area contributed by atoms with Gasteiger partial charge in [0.2, 0.25) is 0 Å². The summed E-state index contributed by atoms with van der Waals surface area (Å²) < 4.78 is 5.51. The van der Waals surface area contributed by atoms with Crippen molar-refractivity contribution >= 4 is 5.96 Å². The van der Waals surface area contributed by atoms with Crippen LogP contribution < -0.4 is 5.32 Å². The van der Waals surface area contributed by atoms with Crippen LogP contribution in [-0.2, 0) is 4.74 Å². The van der Waals surface area contributed by atoms with Crippen LogP contribution >= 0.6 is 0 Å². The van der Waals surface area contributed by atoms with Crippen LogP contribution in [0.15, 0.2) is 4.99 Å². The van der Waals surface area contributed by atoms with Crippen LogP contribution in [0.3, 0.4) is 0 Å². The Morgan fingerprint density at radius 1 is 1.19 bits per heavy atom. The second-order valence-corrected chi connectivity index (χ2v) is 7.12. The van der Waals surface area contributed by atoms with E-state index in [2.05, 4.69) is 15.2 Å². The van der Waals surface area contributed by atoms with Gasteiger partial charge in [-0.3, -0.25) is 4.99 Å². The number of rotatable bonds is 2. The summed E-state index contributed by atoms with van der Waals surface area (Å²) >= 11 is 0. The normalized spacial score (nSPS) is 28.3. The summed E-state index contributed by atoms with van der Waals surface area (Å²) in [6.07, 6.45) is 7.69. The monoisotopic (exact) mass is 295 g/mol. The Morgan fingerprint density at radius 2 is 1.90 bits per heavy atom. The van der Waals surface area contributed by atoms with E-state index in [1.54, 1.807) is 0 Å². The molecule has 3 rings (SSSR count). The lowest BCUT2D eigenvalue weighted by Gasteiger charge is -2.34. The van der Waals surface area contributed by atoms with E-state index in [0.29, 0.717) is 12.0 Å². The van der Waals surface area contributed by atoms with Crippen LogP contribution in [0.5, 0.6) is 0 Å². The van der Waals surface area contributed by atoms with E-state index >= 15 is 0 Å². The summed E-state index contributed by atoms with van der Waals surface area (Å²) in [4.78, 5) is 6.79. The van der Waals surface area contributed by atoms with Crippen LogP contribution in [-0.4, -0.2) is 61.5 Å². The molecule has 2 aliphatic heterocycles. The third kappa shape index (κ3) is 3.34.